The van der Waals surface area contributed by atoms with E-state index >= 15 is 0 Å². The molecule has 0 radical (unpaired) electrons. The first-order valence-electron chi connectivity index (χ1n) is 11.5. The van der Waals surface area contributed by atoms with Gasteiger partial charge in [-0.2, -0.15) is 0 Å². The third-order valence-electron chi connectivity index (χ3n) is 5.87. The van der Waals surface area contributed by atoms with Gasteiger partial charge in [-0.05, 0) is 56.5 Å². The molecule has 0 bridgehead atoms. The highest BCUT2D eigenvalue weighted by Gasteiger charge is 2.31. The third-order valence-corrected chi connectivity index (χ3v) is 7.72. The summed E-state index contributed by atoms with van der Waals surface area (Å²) in [4.78, 5) is 27.8. The molecular weight excluding hydrogens is 509 g/mol. The molecule has 2 atom stereocenters. The van der Waals surface area contributed by atoms with Gasteiger partial charge in [0.2, 0.25) is 21.8 Å². The largest absolute Gasteiger partial charge is 0.352 e. The van der Waals surface area contributed by atoms with Crippen molar-refractivity contribution in [2.45, 2.75) is 59.2 Å². The smallest absolute Gasteiger partial charge is 0.244 e. The number of amides is 2. The van der Waals surface area contributed by atoms with Crippen LogP contribution in [0.5, 0.6) is 0 Å². The minimum absolute atomic E-state index is 0.0567. The molecular formula is C25H33Cl2N3O4S. The van der Waals surface area contributed by atoms with Gasteiger partial charge in [-0.1, -0.05) is 55.2 Å². The minimum Gasteiger partial charge on any atom is -0.352 e. The Kier molecular flexibility index (Phi) is 10.4. The van der Waals surface area contributed by atoms with Gasteiger partial charge >= 0.3 is 0 Å². The van der Waals surface area contributed by atoms with Crippen LogP contribution in [0.2, 0.25) is 10.0 Å². The summed E-state index contributed by atoms with van der Waals surface area (Å²) in [6, 6.07) is 11.0. The molecule has 0 unspecified atom stereocenters. The Morgan fingerprint density at radius 1 is 1.00 bits per heavy atom. The summed E-state index contributed by atoms with van der Waals surface area (Å²) in [5.41, 5.74) is 1.88. The third kappa shape index (κ3) is 7.85. The summed E-state index contributed by atoms with van der Waals surface area (Å²) >= 11 is 12.7. The number of carbonyl (C=O) groups is 2. The second-order valence-electron chi connectivity index (χ2n) is 8.51. The van der Waals surface area contributed by atoms with E-state index in [9.17, 15) is 18.0 Å². The highest BCUT2D eigenvalue weighted by Crippen LogP contribution is 2.27. The number of nitrogens with one attached hydrogen (secondary N) is 1. The van der Waals surface area contributed by atoms with E-state index in [0.29, 0.717) is 21.3 Å². The van der Waals surface area contributed by atoms with E-state index in [1.54, 1.807) is 37.3 Å². The Hall–Kier alpha value is -2.29. The molecule has 0 saturated heterocycles. The lowest BCUT2D eigenvalue weighted by Gasteiger charge is -2.32. The maximum Gasteiger partial charge on any atom is 0.244 e. The van der Waals surface area contributed by atoms with Crippen molar-refractivity contribution in [1.29, 1.82) is 0 Å². The number of hydrogen-bond acceptors (Lipinski definition) is 4. The number of hydrogen-bond donors (Lipinski definition) is 1. The molecule has 192 valence electrons. The van der Waals surface area contributed by atoms with Crippen molar-refractivity contribution in [2.75, 3.05) is 17.1 Å². The summed E-state index contributed by atoms with van der Waals surface area (Å²) in [6.45, 7) is 6.87. The fraction of sp³-hybridized carbons (Fsp3) is 0.440. The number of aryl methyl sites for hydroxylation is 1. The monoisotopic (exact) mass is 541 g/mol. The van der Waals surface area contributed by atoms with E-state index < -0.39 is 28.5 Å². The van der Waals surface area contributed by atoms with Crippen molar-refractivity contribution in [1.82, 2.24) is 10.2 Å². The molecule has 0 aliphatic rings. The average Bonchev–Trinajstić information content (AvgIpc) is 2.81. The van der Waals surface area contributed by atoms with E-state index in [4.69, 9.17) is 23.2 Å². The number of nitrogens with zero attached hydrogens (tertiary/aromatic N) is 2. The molecule has 2 rings (SSSR count). The normalized spacial score (nSPS) is 13.1. The summed E-state index contributed by atoms with van der Waals surface area (Å²) in [5, 5.41) is 3.57. The lowest BCUT2D eigenvalue weighted by molar-refractivity contribution is -0.139. The SMILES string of the molecule is CCc1ccc(N(CC(=O)N(Cc2c(Cl)cccc2Cl)[C@H](C)C(=O)N[C@H](C)CC)S(C)(=O)=O)cc1. The zero-order chi connectivity index (χ0) is 26.3. The lowest BCUT2D eigenvalue weighted by Crippen LogP contribution is -2.52. The molecule has 2 amide bonds. The van der Waals surface area contributed by atoms with Crippen LogP contribution in [0.4, 0.5) is 5.69 Å². The molecule has 1 N–H and O–H groups in total. The second kappa shape index (κ2) is 12.6. The second-order valence-corrected chi connectivity index (χ2v) is 11.2. The van der Waals surface area contributed by atoms with E-state index in [0.717, 1.165) is 29.0 Å². The molecule has 0 heterocycles. The standard InChI is InChI=1S/C25H33Cl2N3O4S/c1-6-17(3)28-25(32)18(4)29(15-21-22(26)9-8-10-23(21)27)24(31)16-30(35(5,33)34)20-13-11-19(7-2)12-14-20/h8-14,17-18H,6-7,15-16H2,1-5H3,(H,28,32)/t17-,18-/m1/s1. The molecule has 2 aromatic carbocycles. The van der Waals surface area contributed by atoms with Crippen molar-refractivity contribution < 1.29 is 18.0 Å². The van der Waals surface area contributed by atoms with Crippen molar-refractivity contribution in [3.05, 3.63) is 63.6 Å². The molecule has 35 heavy (non-hydrogen) atoms. The quantitative estimate of drug-likeness (QED) is 0.448. The number of halogens is 2. The van der Waals surface area contributed by atoms with E-state index in [-0.39, 0.29) is 18.5 Å². The lowest BCUT2D eigenvalue weighted by atomic mass is 10.1. The zero-order valence-electron chi connectivity index (χ0n) is 20.7. The first-order chi connectivity index (χ1) is 16.4. The Morgan fingerprint density at radius 2 is 1.57 bits per heavy atom. The Balaban J connectivity index is 2.43. The number of carbonyl (C=O) groups excluding carboxylic acids is 2. The topological polar surface area (TPSA) is 86.8 Å². The molecule has 10 heteroatoms. The summed E-state index contributed by atoms with van der Waals surface area (Å²) in [7, 11) is -3.79. The van der Waals surface area contributed by atoms with Crippen LogP contribution < -0.4 is 9.62 Å². The van der Waals surface area contributed by atoms with Gasteiger partial charge in [-0.3, -0.25) is 13.9 Å². The van der Waals surface area contributed by atoms with Crippen LogP contribution in [0.3, 0.4) is 0 Å². The summed E-state index contributed by atoms with van der Waals surface area (Å²) in [6.07, 6.45) is 2.56. The molecule has 0 aromatic heterocycles. The first kappa shape index (κ1) is 28.9. The summed E-state index contributed by atoms with van der Waals surface area (Å²) < 4.78 is 26.3. The predicted molar refractivity (Wildman–Crippen MR) is 142 cm³/mol. The fourth-order valence-electron chi connectivity index (χ4n) is 3.41. The number of sulfonamides is 1. The van der Waals surface area contributed by atoms with Gasteiger partial charge in [-0.15, -0.1) is 0 Å². The molecule has 0 spiro atoms. The molecule has 2 aromatic rings. The van der Waals surface area contributed by atoms with Crippen molar-refractivity contribution in [3.63, 3.8) is 0 Å². The molecule has 0 aliphatic carbocycles. The van der Waals surface area contributed by atoms with Crippen molar-refractivity contribution in [3.8, 4) is 0 Å². The summed E-state index contributed by atoms with van der Waals surface area (Å²) in [5.74, 6) is -0.910. The van der Waals surface area contributed by atoms with Crippen LogP contribution in [0.1, 0.15) is 45.2 Å². The van der Waals surface area contributed by atoms with Gasteiger partial charge in [0.15, 0.2) is 0 Å². The Bertz CT molecular complexity index is 1120. The Labute approximate surface area is 218 Å². The molecule has 0 aliphatic heterocycles. The van der Waals surface area contributed by atoms with Crippen LogP contribution in [0, 0.1) is 0 Å². The van der Waals surface area contributed by atoms with Gasteiger partial charge < -0.3 is 10.2 Å². The van der Waals surface area contributed by atoms with E-state index in [1.165, 1.54) is 4.90 Å². The number of benzene rings is 2. The van der Waals surface area contributed by atoms with Crippen LogP contribution >= 0.6 is 23.2 Å². The van der Waals surface area contributed by atoms with Gasteiger partial charge in [0.05, 0.1) is 11.9 Å². The van der Waals surface area contributed by atoms with Gasteiger partial charge in [0, 0.05) is 28.2 Å². The highest BCUT2D eigenvalue weighted by molar-refractivity contribution is 7.92. The predicted octanol–water partition coefficient (Wildman–Crippen LogP) is 4.65. The maximum absolute atomic E-state index is 13.6. The van der Waals surface area contributed by atoms with Gasteiger partial charge in [0.1, 0.15) is 12.6 Å². The van der Waals surface area contributed by atoms with Crippen LogP contribution in [0.15, 0.2) is 42.5 Å². The molecule has 0 fully saturated rings. The molecule has 7 nitrogen and oxygen atoms in total. The van der Waals surface area contributed by atoms with Crippen LogP contribution in [0.25, 0.3) is 0 Å². The van der Waals surface area contributed by atoms with Crippen LogP contribution in [-0.4, -0.2) is 50.0 Å². The maximum atomic E-state index is 13.6. The minimum atomic E-state index is -3.79. The average molecular weight is 543 g/mol. The molecule has 0 saturated carbocycles. The van der Waals surface area contributed by atoms with Crippen molar-refractivity contribution >= 4 is 50.7 Å². The highest BCUT2D eigenvalue weighted by atomic mass is 35.5. The Morgan fingerprint density at radius 3 is 2.06 bits per heavy atom. The van der Waals surface area contributed by atoms with E-state index in [1.807, 2.05) is 32.9 Å². The van der Waals surface area contributed by atoms with Crippen LogP contribution in [-0.2, 0) is 32.6 Å². The van der Waals surface area contributed by atoms with Crippen molar-refractivity contribution in [2.24, 2.45) is 0 Å². The number of rotatable bonds is 11. The van der Waals surface area contributed by atoms with E-state index in [2.05, 4.69) is 5.32 Å². The first-order valence-corrected chi connectivity index (χ1v) is 14.1. The fourth-order valence-corrected chi connectivity index (χ4v) is 4.78. The number of anilines is 1. The van der Waals surface area contributed by atoms with Gasteiger partial charge in [-0.25, -0.2) is 8.42 Å². The van der Waals surface area contributed by atoms with Gasteiger partial charge in [0.25, 0.3) is 0 Å². The zero-order valence-corrected chi connectivity index (χ0v) is 23.0.